The summed E-state index contributed by atoms with van der Waals surface area (Å²) in [5.41, 5.74) is -0.565. The van der Waals surface area contributed by atoms with Crippen LogP contribution in [0.15, 0.2) is 53.5 Å². The lowest BCUT2D eigenvalue weighted by atomic mass is 10.1. The van der Waals surface area contributed by atoms with Gasteiger partial charge in [0.2, 0.25) is 11.8 Å². The second-order valence-corrected chi connectivity index (χ2v) is 9.13. The van der Waals surface area contributed by atoms with Crippen LogP contribution >= 0.6 is 11.6 Å². The zero-order valence-electron chi connectivity index (χ0n) is 19.2. The van der Waals surface area contributed by atoms with Gasteiger partial charge in [0, 0.05) is 23.2 Å². The number of hydrogen-bond donors (Lipinski definition) is 1. The summed E-state index contributed by atoms with van der Waals surface area (Å²) in [5, 5.41) is 10.4. The minimum absolute atomic E-state index is 0.0556. The van der Waals surface area contributed by atoms with Crippen molar-refractivity contribution in [3.05, 3.63) is 87.1 Å². The Morgan fingerprint density at radius 1 is 1.17 bits per heavy atom. The number of aryl methyl sites for hydroxylation is 1. The molecule has 2 aromatic carbocycles. The summed E-state index contributed by atoms with van der Waals surface area (Å²) in [4.78, 5) is 29.8. The number of benzene rings is 2. The van der Waals surface area contributed by atoms with Crippen LogP contribution in [0.5, 0.6) is 5.88 Å². The number of fused-ring (bicyclic) bond motifs is 1. The molecule has 7 nitrogen and oxygen atoms in total. The molecular weight excluding hydrogens is 480 g/mol. The number of halogens is 3. The third-order valence-corrected chi connectivity index (χ3v) is 5.65. The Kier molecular flexibility index (Phi) is 6.48. The number of rotatable bonds is 6. The Balaban J connectivity index is 1.65. The van der Waals surface area contributed by atoms with Gasteiger partial charge in [-0.3, -0.25) is 18.7 Å². The Morgan fingerprint density at radius 3 is 2.60 bits per heavy atom. The van der Waals surface area contributed by atoms with Crippen LogP contribution in [0.2, 0.25) is 5.02 Å². The second-order valence-electron chi connectivity index (χ2n) is 8.75. The molecule has 0 atom stereocenters. The van der Waals surface area contributed by atoms with E-state index in [1.165, 1.54) is 15.2 Å². The number of carbonyl (C=O) groups excluding carboxylic acids is 1. The molecule has 0 fully saturated rings. The Hall–Kier alpha value is -3.56. The van der Waals surface area contributed by atoms with E-state index < -0.39 is 22.8 Å². The highest BCUT2D eigenvalue weighted by molar-refractivity contribution is 6.31. The number of aromatic nitrogens is 3. The number of carbonyl (C=O) groups is 1. The van der Waals surface area contributed by atoms with Crippen LogP contribution in [0.3, 0.4) is 0 Å². The molecule has 0 bridgehead atoms. The smallest absolute Gasteiger partial charge is 0.280 e. The van der Waals surface area contributed by atoms with Gasteiger partial charge in [0.1, 0.15) is 24.1 Å². The van der Waals surface area contributed by atoms with Gasteiger partial charge in [-0.2, -0.15) is 4.98 Å². The SMILES string of the molecule is Cc1nc(OCc2ccc(F)cc2F)c(Cl)c(=O)n1-c1ccc2c(ccn2C(=O)CC(C)(C)O)c1. The molecular formula is C25H22ClF2N3O4. The maximum absolute atomic E-state index is 13.9. The topological polar surface area (TPSA) is 86.4 Å². The van der Waals surface area contributed by atoms with E-state index in [9.17, 15) is 23.5 Å². The average Bonchev–Trinajstić information content (AvgIpc) is 3.19. The highest BCUT2D eigenvalue weighted by atomic mass is 35.5. The molecule has 1 N–H and O–H groups in total. The van der Waals surface area contributed by atoms with Crippen molar-refractivity contribution in [3.63, 3.8) is 0 Å². The lowest BCUT2D eigenvalue weighted by Gasteiger charge is -2.16. The summed E-state index contributed by atoms with van der Waals surface area (Å²) in [5.74, 6) is -1.66. The standard InChI is InChI=1S/C25H22ClF2N3O4/c1-14-29-23(35-13-16-4-5-17(27)11-19(16)28)22(26)24(33)31(14)18-6-7-20-15(10-18)8-9-30(20)21(32)12-25(2,3)34/h4-11,34H,12-13H2,1-3H3. The van der Waals surface area contributed by atoms with Gasteiger partial charge in [0.15, 0.2) is 5.02 Å². The van der Waals surface area contributed by atoms with Crippen LogP contribution in [-0.4, -0.2) is 30.7 Å². The van der Waals surface area contributed by atoms with Gasteiger partial charge in [-0.1, -0.05) is 11.6 Å². The molecule has 0 unspecified atom stereocenters. The van der Waals surface area contributed by atoms with E-state index in [2.05, 4.69) is 4.98 Å². The normalized spacial score (nSPS) is 11.7. The Bertz CT molecular complexity index is 1510. The molecule has 2 aromatic heterocycles. The molecule has 182 valence electrons. The fourth-order valence-electron chi connectivity index (χ4n) is 3.71. The summed E-state index contributed by atoms with van der Waals surface area (Å²) in [6.07, 6.45) is 1.55. The fraction of sp³-hybridized carbons (Fsp3) is 0.240. The van der Waals surface area contributed by atoms with Crippen molar-refractivity contribution in [2.75, 3.05) is 0 Å². The van der Waals surface area contributed by atoms with E-state index in [4.69, 9.17) is 16.3 Å². The predicted molar refractivity (Wildman–Crippen MR) is 127 cm³/mol. The van der Waals surface area contributed by atoms with Gasteiger partial charge in [-0.05, 0) is 57.2 Å². The minimum atomic E-state index is -1.15. The molecule has 0 aliphatic rings. The molecule has 4 aromatic rings. The van der Waals surface area contributed by atoms with Gasteiger partial charge in [0.05, 0.1) is 23.2 Å². The first-order valence-corrected chi connectivity index (χ1v) is 11.1. The van der Waals surface area contributed by atoms with E-state index in [0.717, 1.165) is 12.1 Å². The van der Waals surface area contributed by atoms with Crippen molar-refractivity contribution in [1.29, 1.82) is 0 Å². The maximum Gasteiger partial charge on any atom is 0.280 e. The largest absolute Gasteiger partial charge is 0.471 e. The van der Waals surface area contributed by atoms with Crippen LogP contribution in [0.4, 0.5) is 8.78 Å². The Labute approximate surface area is 204 Å². The van der Waals surface area contributed by atoms with Gasteiger partial charge in [0.25, 0.3) is 5.56 Å². The number of aliphatic hydroxyl groups is 1. The quantitative estimate of drug-likeness (QED) is 0.410. The zero-order chi connectivity index (χ0) is 25.5. The van der Waals surface area contributed by atoms with Gasteiger partial charge in [-0.15, -0.1) is 0 Å². The van der Waals surface area contributed by atoms with Crippen LogP contribution in [-0.2, 0) is 6.61 Å². The lowest BCUT2D eigenvalue weighted by molar-refractivity contribution is 0.0533. The van der Waals surface area contributed by atoms with Crippen molar-refractivity contribution >= 4 is 28.4 Å². The van der Waals surface area contributed by atoms with Gasteiger partial charge >= 0.3 is 0 Å². The zero-order valence-corrected chi connectivity index (χ0v) is 19.9. The van der Waals surface area contributed by atoms with Crippen molar-refractivity contribution < 1.29 is 23.4 Å². The maximum atomic E-state index is 13.9. The van der Waals surface area contributed by atoms with Gasteiger partial charge < -0.3 is 9.84 Å². The summed E-state index contributed by atoms with van der Waals surface area (Å²) >= 11 is 6.23. The second kappa shape index (κ2) is 9.24. The van der Waals surface area contributed by atoms with Gasteiger partial charge in [-0.25, -0.2) is 8.78 Å². The summed E-state index contributed by atoms with van der Waals surface area (Å²) in [6, 6.07) is 9.85. The van der Waals surface area contributed by atoms with Crippen LogP contribution in [0.1, 0.15) is 36.5 Å². The predicted octanol–water partition coefficient (Wildman–Crippen LogP) is 4.81. The van der Waals surface area contributed by atoms with E-state index in [1.807, 2.05) is 0 Å². The molecule has 10 heteroatoms. The highest BCUT2D eigenvalue weighted by Gasteiger charge is 2.21. The molecule has 0 aliphatic carbocycles. The van der Waals surface area contributed by atoms with Crippen molar-refractivity contribution in [2.24, 2.45) is 0 Å². The van der Waals surface area contributed by atoms with E-state index in [1.54, 1.807) is 51.2 Å². The number of ether oxygens (including phenoxy) is 1. The molecule has 0 aliphatic heterocycles. The first kappa shape index (κ1) is 24.6. The van der Waals surface area contributed by atoms with Crippen LogP contribution < -0.4 is 10.3 Å². The highest BCUT2D eigenvalue weighted by Crippen LogP contribution is 2.25. The average molecular weight is 502 g/mol. The molecule has 4 rings (SSSR count). The molecule has 0 radical (unpaired) electrons. The molecule has 35 heavy (non-hydrogen) atoms. The molecule has 2 heterocycles. The van der Waals surface area contributed by atoms with Crippen molar-refractivity contribution in [2.45, 2.75) is 39.4 Å². The summed E-state index contributed by atoms with van der Waals surface area (Å²) < 4.78 is 35.2. The third kappa shape index (κ3) is 5.11. The molecule has 0 saturated carbocycles. The molecule has 0 saturated heterocycles. The fourth-order valence-corrected chi connectivity index (χ4v) is 3.89. The molecule has 0 amide bonds. The third-order valence-electron chi connectivity index (χ3n) is 5.33. The van der Waals surface area contributed by atoms with Crippen LogP contribution in [0, 0.1) is 18.6 Å². The molecule has 0 spiro atoms. The lowest BCUT2D eigenvalue weighted by Crippen LogP contribution is -2.26. The minimum Gasteiger partial charge on any atom is -0.471 e. The Morgan fingerprint density at radius 2 is 1.91 bits per heavy atom. The first-order chi connectivity index (χ1) is 16.4. The first-order valence-electron chi connectivity index (χ1n) is 10.7. The van der Waals surface area contributed by atoms with E-state index in [-0.39, 0.29) is 41.2 Å². The number of hydrogen-bond acceptors (Lipinski definition) is 5. The van der Waals surface area contributed by atoms with Crippen molar-refractivity contribution in [1.82, 2.24) is 14.1 Å². The van der Waals surface area contributed by atoms with E-state index in [0.29, 0.717) is 16.6 Å². The van der Waals surface area contributed by atoms with Crippen LogP contribution in [0.25, 0.3) is 16.6 Å². The number of nitrogens with zero attached hydrogens (tertiary/aromatic N) is 3. The van der Waals surface area contributed by atoms with E-state index >= 15 is 0 Å². The summed E-state index contributed by atoms with van der Waals surface area (Å²) in [7, 11) is 0. The van der Waals surface area contributed by atoms with Crippen molar-refractivity contribution in [3.8, 4) is 11.6 Å². The summed E-state index contributed by atoms with van der Waals surface area (Å²) in [6.45, 7) is 4.42. The monoisotopic (exact) mass is 501 g/mol.